The number of benzene rings is 1. The highest BCUT2D eigenvalue weighted by molar-refractivity contribution is 6.12. The summed E-state index contributed by atoms with van der Waals surface area (Å²) >= 11 is 0. The maximum atomic E-state index is 11.9. The van der Waals surface area contributed by atoms with Crippen molar-refractivity contribution in [3.63, 3.8) is 0 Å². The van der Waals surface area contributed by atoms with Crippen LogP contribution in [0.2, 0.25) is 0 Å². The molecule has 0 spiro atoms. The van der Waals surface area contributed by atoms with Gasteiger partial charge in [0.15, 0.2) is 0 Å². The first-order valence-electron chi connectivity index (χ1n) is 5.99. The highest BCUT2D eigenvalue weighted by Gasteiger charge is 2.33. The second-order valence-electron chi connectivity index (χ2n) is 4.34. The van der Waals surface area contributed by atoms with Crippen molar-refractivity contribution in [1.82, 2.24) is 0 Å². The van der Waals surface area contributed by atoms with Crippen LogP contribution in [0.1, 0.15) is 52.6 Å². The number of esters is 2. The minimum Gasteiger partial charge on any atom is -0.478 e. The van der Waals surface area contributed by atoms with Gasteiger partial charge in [0.25, 0.3) is 0 Å². The summed E-state index contributed by atoms with van der Waals surface area (Å²) in [5, 5.41) is 18.5. The van der Waals surface area contributed by atoms with Crippen molar-refractivity contribution < 1.29 is 38.9 Å². The number of carbonyl (C=O) groups excluding carboxylic acids is 2. The minimum absolute atomic E-state index is 0.178. The molecule has 2 N–H and O–H groups in total. The Bertz CT molecular complexity index is 628. The van der Waals surface area contributed by atoms with Crippen LogP contribution in [0, 0.1) is 13.8 Å². The molecule has 0 amide bonds. The number of hydrogen-bond acceptors (Lipinski definition) is 6. The van der Waals surface area contributed by atoms with Crippen molar-refractivity contribution in [2.45, 2.75) is 13.8 Å². The zero-order chi connectivity index (χ0) is 17.2. The number of carboxylic acids is 2. The summed E-state index contributed by atoms with van der Waals surface area (Å²) in [5.41, 5.74) is -2.15. The molecule has 0 radical (unpaired) electrons. The Morgan fingerprint density at radius 2 is 0.955 bits per heavy atom. The lowest BCUT2D eigenvalue weighted by Crippen LogP contribution is -2.22. The number of hydrogen-bond donors (Lipinski definition) is 2. The van der Waals surface area contributed by atoms with Gasteiger partial charge in [-0.2, -0.15) is 0 Å². The summed E-state index contributed by atoms with van der Waals surface area (Å²) in [5.74, 6) is -4.97. The summed E-state index contributed by atoms with van der Waals surface area (Å²) < 4.78 is 9.11. The van der Waals surface area contributed by atoms with E-state index in [2.05, 4.69) is 9.47 Å². The van der Waals surface area contributed by atoms with Gasteiger partial charge in [-0.25, -0.2) is 19.2 Å². The Balaban J connectivity index is 4.07. The molecule has 0 saturated carbocycles. The second-order valence-corrected chi connectivity index (χ2v) is 4.34. The van der Waals surface area contributed by atoms with Crippen LogP contribution < -0.4 is 0 Å². The molecule has 8 heteroatoms. The highest BCUT2D eigenvalue weighted by atomic mass is 16.5. The van der Waals surface area contributed by atoms with E-state index >= 15 is 0 Å². The van der Waals surface area contributed by atoms with E-state index in [1.807, 2.05) is 0 Å². The summed E-state index contributed by atoms with van der Waals surface area (Å²) in [6.07, 6.45) is 0. The van der Waals surface area contributed by atoms with Gasteiger partial charge >= 0.3 is 23.9 Å². The number of methoxy groups -OCH3 is 2. The van der Waals surface area contributed by atoms with E-state index < -0.39 is 35.0 Å². The predicted octanol–water partition coefficient (Wildman–Crippen LogP) is 1.27. The fourth-order valence-electron chi connectivity index (χ4n) is 2.25. The van der Waals surface area contributed by atoms with E-state index in [-0.39, 0.29) is 22.3 Å². The molecule has 22 heavy (non-hydrogen) atoms. The number of ether oxygens (including phenoxy) is 2. The van der Waals surface area contributed by atoms with E-state index in [1.54, 1.807) is 0 Å². The Morgan fingerprint density at radius 1 is 0.682 bits per heavy atom. The number of carbonyl (C=O) groups is 4. The first-order chi connectivity index (χ1) is 10.2. The lowest BCUT2D eigenvalue weighted by molar-refractivity contribution is 0.0551. The maximum Gasteiger partial charge on any atom is 0.339 e. The quantitative estimate of drug-likeness (QED) is 0.796. The van der Waals surface area contributed by atoms with Crippen LogP contribution in [0.4, 0.5) is 0 Å². The third-order valence-electron chi connectivity index (χ3n) is 3.21. The number of carboxylic acid groups (broad SMARTS) is 2. The van der Waals surface area contributed by atoms with Gasteiger partial charge in [-0.3, -0.25) is 0 Å². The van der Waals surface area contributed by atoms with Gasteiger partial charge in [-0.15, -0.1) is 0 Å². The molecule has 1 aromatic carbocycles. The molecule has 8 nitrogen and oxygen atoms in total. The lowest BCUT2D eigenvalue weighted by Gasteiger charge is -2.17. The molecule has 1 rings (SSSR count). The first kappa shape index (κ1) is 17.2. The predicted molar refractivity (Wildman–Crippen MR) is 72.5 cm³/mol. The molecule has 0 saturated heterocycles. The molecule has 0 atom stereocenters. The molecule has 0 fully saturated rings. The molecule has 0 bridgehead atoms. The Morgan fingerprint density at radius 3 is 1.14 bits per heavy atom. The molecule has 0 aromatic heterocycles. The van der Waals surface area contributed by atoms with E-state index in [9.17, 15) is 29.4 Å². The van der Waals surface area contributed by atoms with Crippen molar-refractivity contribution >= 4 is 23.9 Å². The zero-order valence-electron chi connectivity index (χ0n) is 12.3. The fraction of sp³-hybridized carbons (Fsp3) is 0.286. The maximum absolute atomic E-state index is 11.9. The van der Waals surface area contributed by atoms with E-state index in [4.69, 9.17) is 0 Å². The molecule has 0 aliphatic carbocycles. The lowest BCUT2D eigenvalue weighted by atomic mass is 9.87. The standard InChI is InChI=1S/C14H14O8/c1-5-7(11(15)16)8(12(17)18)6(2)10(14(20)22-4)9(5)13(19)21-3/h1-4H3,(H,15,16)(H,17,18). The average molecular weight is 310 g/mol. The Hall–Kier alpha value is -2.90. The van der Waals surface area contributed by atoms with Crippen molar-refractivity contribution in [3.05, 3.63) is 33.4 Å². The Labute approximate surface area is 125 Å². The van der Waals surface area contributed by atoms with Crippen molar-refractivity contribution in [2.24, 2.45) is 0 Å². The monoisotopic (exact) mass is 310 g/mol. The van der Waals surface area contributed by atoms with Gasteiger partial charge in [0.1, 0.15) is 0 Å². The second kappa shape index (κ2) is 6.25. The summed E-state index contributed by atoms with van der Waals surface area (Å²) in [4.78, 5) is 46.6. The molecule has 0 aliphatic heterocycles. The van der Waals surface area contributed by atoms with Gasteiger partial charge in [0, 0.05) is 0 Å². The normalized spacial score (nSPS) is 10.0. The van der Waals surface area contributed by atoms with Gasteiger partial charge in [0.05, 0.1) is 36.5 Å². The van der Waals surface area contributed by atoms with Crippen LogP contribution >= 0.6 is 0 Å². The van der Waals surface area contributed by atoms with Gasteiger partial charge < -0.3 is 19.7 Å². The highest BCUT2D eigenvalue weighted by Crippen LogP contribution is 2.29. The fourth-order valence-corrected chi connectivity index (χ4v) is 2.25. The zero-order valence-corrected chi connectivity index (χ0v) is 12.3. The van der Waals surface area contributed by atoms with Crippen LogP contribution in [0.15, 0.2) is 0 Å². The summed E-state index contributed by atoms with van der Waals surface area (Å²) in [7, 11) is 2.12. The smallest absolute Gasteiger partial charge is 0.339 e. The van der Waals surface area contributed by atoms with E-state index in [1.165, 1.54) is 13.8 Å². The van der Waals surface area contributed by atoms with Gasteiger partial charge in [-0.05, 0) is 25.0 Å². The SMILES string of the molecule is COC(=O)c1c(C)c(C(=O)O)c(C(=O)O)c(C)c1C(=O)OC. The average Bonchev–Trinajstić information content (AvgIpc) is 2.45. The van der Waals surface area contributed by atoms with Crippen molar-refractivity contribution in [1.29, 1.82) is 0 Å². The molecule has 0 heterocycles. The molecule has 0 aliphatic rings. The molecular weight excluding hydrogens is 296 g/mol. The minimum atomic E-state index is -1.53. The number of rotatable bonds is 4. The summed E-state index contributed by atoms with van der Waals surface area (Å²) in [6, 6.07) is 0. The molecule has 0 unspecified atom stereocenters. The van der Waals surface area contributed by atoms with Crippen LogP contribution in [-0.2, 0) is 9.47 Å². The van der Waals surface area contributed by atoms with Crippen LogP contribution in [0.5, 0.6) is 0 Å². The third-order valence-corrected chi connectivity index (χ3v) is 3.21. The van der Waals surface area contributed by atoms with E-state index in [0.717, 1.165) is 14.2 Å². The van der Waals surface area contributed by atoms with Gasteiger partial charge in [0.2, 0.25) is 0 Å². The van der Waals surface area contributed by atoms with Gasteiger partial charge in [-0.1, -0.05) is 0 Å². The third kappa shape index (κ3) is 2.62. The van der Waals surface area contributed by atoms with Crippen LogP contribution in [0.3, 0.4) is 0 Å². The molecule has 118 valence electrons. The molecular formula is C14H14O8. The Kier molecular flexibility index (Phi) is 4.87. The van der Waals surface area contributed by atoms with Crippen LogP contribution in [-0.4, -0.2) is 48.3 Å². The topological polar surface area (TPSA) is 127 Å². The largest absolute Gasteiger partial charge is 0.478 e. The first-order valence-corrected chi connectivity index (χ1v) is 5.99. The summed E-state index contributed by atoms with van der Waals surface area (Å²) in [6.45, 7) is 2.46. The van der Waals surface area contributed by atoms with Crippen LogP contribution in [0.25, 0.3) is 0 Å². The molecule has 1 aromatic rings. The van der Waals surface area contributed by atoms with Crippen molar-refractivity contribution in [2.75, 3.05) is 14.2 Å². The van der Waals surface area contributed by atoms with E-state index in [0.29, 0.717) is 0 Å². The van der Waals surface area contributed by atoms with Crippen molar-refractivity contribution in [3.8, 4) is 0 Å². The number of aromatic carboxylic acids is 2.